The Morgan fingerprint density at radius 2 is 2.00 bits per heavy atom. The topological polar surface area (TPSA) is 26.3 Å². The quantitative estimate of drug-likeness (QED) is 0.705. The molecule has 0 heterocycles. The molecule has 0 aliphatic heterocycles. The Hall–Kier alpha value is -0.413. The monoisotopic (exact) mass is 240 g/mol. The summed E-state index contributed by atoms with van der Waals surface area (Å²) >= 11 is 0. The molecule has 0 N–H and O–H groups in total. The van der Waals surface area contributed by atoms with E-state index in [1.807, 2.05) is 0 Å². The summed E-state index contributed by atoms with van der Waals surface area (Å²) in [7, 11) is -1.72. The average molecular weight is 240 g/mol. The van der Waals surface area contributed by atoms with Crippen LogP contribution in [-0.2, 0) is 9.22 Å². The standard InChI is InChI=1S/C13H24O2Si/c1-10-7-11(12(14)8-10)9-15-16(5,6)13(2,3)4/h7,10H,8-9H2,1-6H3/t10-/m0/s1. The first kappa shape index (κ1) is 13.7. The zero-order chi connectivity index (χ0) is 12.6. The lowest BCUT2D eigenvalue weighted by molar-refractivity contribution is -0.115. The minimum Gasteiger partial charge on any atom is -0.412 e. The largest absolute Gasteiger partial charge is 0.412 e. The van der Waals surface area contributed by atoms with Crippen LogP contribution in [0.25, 0.3) is 0 Å². The smallest absolute Gasteiger partial charge is 0.192 e. The highest BCUT2D eigenvalue weighted by molar-refractivity contribution is 6.74. The summed E-state index contributed by atoms with van der Waals surface area (Å²) in [4.78, 5) is 11.6. The summed E-state index contributed by atoms with van der Waals surface area (Å²) in [6.45, 7) is 13.7. The predicted molar refractivity (Wildman–Crippen MR) is 70.0 cm³/mol. The van der Waals surface area contributed by atoms with Gasteiger partial charge in [-0.3, -0.25) is 4.79 Å². The number of hydrogen-bond acceptors (Lipinski definition) is 2. The molecule has 0 aromatic heterocycles. The zero-order valence-corrected chi connectivity index (χ0v) is 12.4. The summed E-state index contributed by atoms with van der Waals surface area (Å²) in [5.41, 5.74) is 0.886. The molecule has 1 atom stereocenters. The van der Waals surface area contributed by atoms with Crippen molar-refractivity contribution in [1.29, 1.82) is 0 Å². The van der Waals surface area contributed by atoms with Gasteiger partial charge in [0.1, 0.15) is 0 Å². The molecular weight excluding hydrogens is 216 g/mol. The Balaban J connectivity index is 2.59. The van der Waals surface area contributed by atoms with Crippen LogP contribution in [0.3, 0.4) is 0 Å². The molecule has 0 spiro atoms. The van der Waals surface area contributed by atoms with Gasteiger partial charge in [-0.15, -0.1) is 0 Å². The lowest BCUT2D eigenvalue weighted by atomic mass is 10.2. The van der Waals surface area contributed by atoms with E-state index in [1.54, 1.807) is 0 Å². The van der Waals surface area contributed by atoms with Crippen LogP contribution in [-0.4, -0.2) is 20.7 Å². The van der Waals surface area contributed by atoms with Gasteiger partial charge in [0.25, 0.3) is 0 Å². The van der Waals surface area contributed by atoms with E-state index in [0.717, 1.165) is 5.57 Å². The highest BCUT2D eigenvalue weighted by Crippen LogP contribution is 2.37. The Bertz CT molecular complexity index is 310. The molecule has 16 heavy (non-hydrogen) atoms. The van der Waals surface area contributed by atoms with Crippen LogP contribution in [0.1, 0.15) is 34.1 Å². The number of hydrogen-bond donors (Lipinski definition) is 0. The van der Waals surface area contributed by atoms with Crippen molar-refractivity contribution in [2.75, 3.05) is 6.61 Å². The molecule has 0 aromatic carbocycles. The highest BCUT2D eigenvalue weighted by Gasteiger charge is 2.37. The van der Waals surface area contributed by atoms with Gasteiger partial charge >= 0.3 is 0 Å². The third kappa shape index (κ3) is 3.05. The first-order chi connectivity index (χ1) is 7.13. The first-order valence-corrected chi connectivity index (χ1v) is 8.92. The second-order valence-corrected chi connectivity index (χ2v) is 11.2. The van der Waals surface area contributed by atoms with Crippen molar-refractivity contribution >= 4 is 14.1 Å². The number of ketones is 1. The molecule has 0 saturated heterocycles. The van der Waals surface area contributed by atoms with Crippen LogP contribution >= 0.6 is 0 Å². The van der Waals surface area contributed by atoms with Crippen LogP contribution in [0.2, 0.25) is 18.1 Å². The van der Waals surface area contributed by atoms with Crippen molar-refractivity contribution < 1.29 is 9.22 Å². The van der Waals surface area contributed by atoms with Crippen molar-refractivity contribution in [3.8, 4) is 0 Å². The molecule has 0 saturated carbocycles. The van der Waals surface area contributed by atoms with Gasteiger partial charge in [0.15, 0.2) is 14.1 Å². The van der Waals surface area contributed by atoms with Gasteiger partial charge in [0.05, 0.1) is 6.61 Å². The van der Waals surface area contributed by atoms with E-state index < -0.39 is 8.32 Å². The van der Waals surface area contributed by atoms with Crippen LogP contribution in [0, 0.1) is 5.92 Å². The number of carbonyl (C=O) groups excluding carboxylic acids is 1. The summed E-state index contributed by atoms with van der Waals surface area (Å²) < 4.78 is 6.05. The van der Waals surface area contributed by atoms with Crippen molar-refractivity contribution in [3.05, 3.63) is 11.6 Å². The minimum atomic E-state index is -1.72. The van der Waals surface area contributed by atoms with Crippen LogP contribution in [0.4, 0.5) is 0 Å². The predicted octanol–water partition coefficient (Wildman–Crippen LogP) is 3.54. The van der Waals surface area contributed by atoms with E-state index in [0.29, 0.717) is 18.9 Å². The fourth-order valence-corrected chi connectivity index (χ4v) is 2.47. The molecular formula is C13H24O2Si. The van der Waals surface area contributed by atoms with E-state index in [-0.39, 0.29) is 10.8 Å². The number of Topliss-reactive ketones (excluding diaryl/α,β-unsaturated/α-hetero) is 1. The van der Waals surface area contributed by atoms with Crippen molar-refractivity contribution in [1.82, 2.24) is 0 Å². The second kappa shape index (κ2) is 4.45. The normalized spacial score (nSPS) is 22.5. The van der Waals surface area contributed by atoms with Gasteiger partial charge in [-0.1, -0.05) is 33.8 Å². The van der Waals surface area contributed by atoms with E-state index in [9.17, 15) is 4.79 Å². The van der Waals surface area contributed by atoms with E-state index in [2.05, 4.69) is 46.9 Å². The van der Waals surface area contributed by atoms with E-state index >= 15 is 0 Å². The molecule has 3 heteroatoms. The second-order valence-electron chi connectivity index (χ2n) is 6.35. The SMILES string of the molecule is C[C@H]1C=C(CO[Si](C)(C)C(C)(C)C)C(=O)C1. The molecule has 0 radical (unpaired) electrons. The minimum absolute atomic E-state index is 0.209. The van der Waals surface area contributed by atoms with E-state index in [4.69, 9.17) is 4.43 Å². The number of allylic oxidation sites excluding steroid dienone is 1. The first-order valence-electron chi connectivity index (χ1n) is 6.01. The van der Waals surface area contributed by atoms with Gasteiger partial charge in [-0.25, -0.2) is 0 Å². The Morgan fingerprint density at radius 3 is 2.38 bits per heavy atom. The Morgan fingerprint density at radius 1 is 1.44 bits per heavy atom. The highest BCUT2D eigenvalue weighted by atomic mass is 28.4. The van der Waals surface area contributed by atoms with E-state index in [1.165, 1.54) is 0 Å². The molecule has 92 valence electrons. The summed E-state index contributed by atoms with van der Waals surface area (Å²) in [6.07, 6.45) is 2.73. The molecule has 0 aromatic rings. The summed E-state index contributed by atoms with van der Waals surface area (Å²) in [6, 6.07) is 0. The van der Waals surface area contributed by atoms with Gasteiger partial charge in [0.2, 0.25) is 0 Å². The Kier molecular flexibility index (Phi) is 3.80. The van der Waals surface area contributed by atoms with Crippen LogP contribution in [0.5, 0.6) is 0 Å². The summed E-state index contributed by atoms with van der Waals surface area (Å²) in [5, 5.41) is 0.209. The van der Waals surface area contributed by atoms with Gasteiger partial charge < -0.3 is 4.43 Å². The fraction of sp³-hybridized carbons (Fsp3) is 0.769. The molecule has 2 nitrogen and oxygen atoms in total. The third-order valence-electron chi connectivity index (χ3n) is 3.75. The average Bonchev–Trinajstić information content (AvgIpc) is 2.39. The number of rotatable bonds is 3. The molecule has 0 amide bonds. The van der Waals surface area contributed by atoms with Crippen LogP contribution < -0.4 is 0 Å². The molecule has 0 unspecified atom stereocenters. The van der Waals surface area contributed by atoms with Gasteiger partial charge in [-0.2, -0.15) is 0 Å². The Labute approximate surface area is 100 Å². The lowest BCUT2D eigenvalue weighted by Crippen LogP contribution is -2.41. The van der Waals surface area contributed by atoms with Crippen molar-refractivity contribution in [3.63, 3.8) is 0 Å². The van der Waals surface area contributed by atoms with Gasteiger partial charge in [0, 0.05) is 12.0 Å². The van der Waals surface area contributed by atoms with Crippen LogP contribution in [0.15, 0.2) is 11.6 Å². The zero-order valence-electron chi connectivity index (χ0n) is 11.4. The third-order valence-corrected chi connectivity index (χ3v) is 8.22. The molecule has 1 aliphatic rings. The molecule has 1 rings (SSSR count). The van der Waals surface area contributed by atoms with Gasteiger partial charge in [-0.05, 0) is 24.1 Å². The molecule has 0 fully saturated rings. The lowest BCUT2D eigenvalue weighted by Gasteiger charge is -2.36. The maximum atomic E-state index is 11.6. The fourth-order valence-electron chi connectivity index (χ4n) is 1.52. The number of carbonyl (C=O) groups is 1. The van der Waals surface area contributed by atoms with Crippen molar-refractivity contribution in [2.24, 2.45) is 5.92 Å². The maximum absolute atomic E-state index is 11.6. The molecule has 1 aliphatic carbocycles. The molecule has 0 bridgehead atoms. The maximum Gasteiger partial charge on any atom is 0.192 e. The summed E-state index contributed by atoms with van der Waals surface area (Å²) in [5.74, 6) is 0.664. The van der Waals surface area contributed by atoms with Crippen molar-refractivity contribution in [2.45, 2.75) is 52.2 Å².